The van der Waals surface area contributed by atoms with E-state index in [1.54, 1.807) is 4.52 Å². The average Bonchev–Trinajstić information content (AvgIpc) is 2.97. The molecule has 0 bridgehead atoms. The van der Waals surface area contributed by atoms with Gasteiger partial charge in [0.15, 0.2) is 11.5 Å². The first-order valence-corrected chi connectivity index (χ1v) is 5.14. The van der Waals surface area contributed by atoms with E-state index in [0.717, 1.165) is 5.65 Å². The molecule has 0 saturated heterocycles. The third kappa shape index (κ3) is 1.80. The van der Waals surface area contributed by atoms with Crippen LogP contribution in [-0.4, -0.2) is 35.2 Å². The molecule has 86 valence electrons. The number of nitrogens with zero attached hydrogens (tertiary/aromatic N) is 6. The third-order valence-electron chi connectivity index (χ3n) is 2.34. The summed E-state index contributed by atoms with van der Waals surface area (Å²) in [6, 6.07) is 5.59. The van der Waals surface area contributed by atoms with Gasteiger partial charge in [-0.1, -0.05) is 11.3 Å². The number of aromatic nitrogens is 7. The van der Waals surface area contributed by atoms with Crippen LogP contribution in [0.3, 0.4) is 0 Å². The number of hydrogen-bond acceptors (Lipinski definition) is 6. The van der Waals surface area contributed by atoms with E-state index in [0.29, 0.717) is 11.8 Å². The molecule has 1 atom stereocenters. The monoisotopic (exact) mass is 230 g/mol. The summed E-state index contributed by atoms with van der Waals surface area (Å²) < 4.78 is 1.70. The molecular formula is C9H10N8. The highest BCUT2D eigenvalue weighted by atomic mass is 15.5. The van der Waals surface area contributed by atoms with Crippen LogP contribution < -0.4 is 5.32 Å². The van der Waals surface area contributed by atoms with Gasteiger partial charge in [-0.2, -0.15) is 10.2 Å². The Morgan fingerprint density at radius 3 is 3.12 bits per heavy atom. The molecule has 0 radical (unpaired) electrons. The van der Waals surface area contributed by atoms with Crippen molar-refractivity contribution in [2.45, 2.75) is 13.0 Å². The highest BCUT2D eigenvalue weighted by Gasteiger charge is 2.12. The van der Waals surface area contributed by atoms with E-state index < -0.39 is 0 Å². The Morgan fingerprint density at radius 2 is 2.35 bits per heavy atom. The Balaban J connectivity index is 1.85. The van der Waals surface area contributed by atoms with Gasteiger partial charge in [0.1, 0.15) is 0 Å². The molecule has 2 N–H and O–H groups in total. The predicted molar refractivity (Wildman–Crippen MR) is 59.2 cm³/mol. The van der Waals surface area contributed by atoms with Crippen LogP contribution in [0.1, 0.15) is 18.8 Å². The van der Waals surface area contributed by atoms with Gasteiger partial charge in [-0.05, 0) is 19.1 Å². The van der Waals surface area contributed by atoms with Crippen molar-refractivity contribution in [3.63, 3.8) is 0 Å². The van der Waals surface area contributed by atoms with E-state index in [4.69, 9.17) is 0 Å². The van der Waals surface area contributed by atoms with E-state index in [9.17, 15) is 0 Å². The number of fused-ring (bicyclic) bond motifs is 1. The number of anilines is 1. The largest absolute Gasteiger partial charge is 0.343 e. The number of rotatable bonds is 3. The van der Waals surface area contributed by atoms with Crippen molar-refractivity contribution in [1.82, 2.24) is 35.2 Å². The van der Waals surface area contributed by atoms with Gasteiger partial charge in [0.05, 0.1) is 6.04 Å². The fourth-order valence-corrected chi connectivity index (χ4v) is 1.50. The summed E-state index contributed by atoms with van der Waals surface area (Å²) >= 11 is 0. The number of nitrogens with one attached hydrogen (secondary N) is 2. The molecule has 17 heavy (non-hydrogen) atoms. The smallest absolute Gasteiger partial charge is 0.243 e. The maximum Gasteiger partial charge on any atom is 0.243 e. The van der Waals surface area contributed by atoms with Crippen LogP contribution in [-0.2, 0) is 0 Å². The molecule has 0 aromatic carbocycles. The maximum absolute atomic E-state index is 4.32. The van der Waals surface area contributed by atoms with E-state index >= 15 is 0 Å². The maximum atomic E-state index is 4.32. The molecular weight excluding hydrogens is 220 g/mol. The van der Waals surface area contributed by atoms with Crippen molar-refractivity contribution in [3.8, 4) is 0 Å². The topological polar surface area (TPSA) is 96.7 Å². The molecule has 8 nitrogen and oxygen atoms in total. The first-order valence-electron chi connectivity index (χ1n) is 5.14. The third-order valence-corrected chi connectivity index (χ3v) is 2.34. The lowest BCUT2D eigenvalue weighted by Crippen LogP contribution is -2.09. The molecule has 0 amide bonds. The van der Waals surface area contributed by atoms with Gasteiger partial charge in [-0.15, -0.1) is 15.3 Å². The van der Waals surface area contributed by atoms with E-state index in [1.165, 1.54) is 0 Å². The Morgan fingerprint density at radius 1 is 1.41 bits per heavy atom. The zero-order valence-electron chi connectivity index (χ0n) is 9.07. The normalized spacial score (nSPS) is 12.8. The fourth-order valence-electron chi connectivity index (χ4n) is 1.50. The van der Waals surface area contributed by atoms with Gasteiger partial charge < -0.3 is 5.32 Å². The van der Waals surface area contributed by atoms with Gasteiger partial charge in [-0.3, -0.25) is 0 Å². The summed E-state index contributed by atoms with van der Waals surface area (Å²) in [6.45, 7) is 1.91. The molecule has 3 aromatic rings. The van der Waals surface area contributed by atoms with E-state index in [-0.39, 0.29) is 6.04 Å². The van der Waals surface area contributed by atoms with Crippen molar-refractivity contribution in [3.05, 3.63) is 30.2 Å². The Hall–Kier alpha value is -2.51. The fraction of sp³-hybridized carbons (Fsp3) is 0.222. The summed E-state index contributed by atoms with van der Waals surface area (Å²) in [7, 11) is 0. The van der Waals surface area contributed by atoms with Crippen molar-refractivity contribution in [1.29, 1.82) is 0 Å². The van der Waals surface area contributed by atoms with Gasteiger partial charge >= 0.3 is 0 Å². The van der Waals surface area contributed by atoms with Crippen LogP contribution in [0.2, 0.25) is 0 Å². The first-order chi connectivity index (χ1) is 8.33. The Bertz CT molecular complexity index is 580. The molecule has 3 rings (SSSR count). The lowest BCUT2D eigenvalue weighted by molar-refractivity contribution is 0.779. The van der Waals surface area contributed by atoms with E-state index in [2.05, 4.69) is 36.0 Å². The van der Waals surface area contributed by atoms with Crippen LogP contribution in [0.5, 0.6) is 0 Å². The lowest BCUT2D eigenvalue weighted by Gasteiger charge is -2.05. The van der Waals surface area contributed by atoms with Gasteiger partial charge in [-0.25, -0.2) is 4.52 Å². The highest BCUT2D eigenvalue weighted by Crippen LogP contribution is 2.12. The minimum Gasteiger partial charge on any atom is -0.343 e. The molecule has 3 heterocycles. The second-order valence-corrected chi connectivity index (χ2v) is 3.57. The summed E-state index contributed by atoms with van der Waals surface area (Å²) in [6.07, 6.45) is 1.84. The minimum atomic E-state index is -0.105. The van der Waals surface area contributed by atoms with Gasteiger partial charge in [0.2, 0.25) is 5.95 Å². The SMILES string of the molecule is CC(Nc1nc2ccccn2n1)c1nn[nH]n1. The minimum absolute atomic E-state index is 0.105. The summed E-state index contributed by atoms with van der Waals surface area (Å²) in [4.78, 5) is 4.32. The molecule has 3 aromatic heterocycles. The molecule has 0 aliphatic carbocycles. The zero-order valence-corrected chi connectivity index (χ0v) is 9.07. The molecule has 0 fully saturated rings. The standard InChI is InChI=1S/C9H10N8/c1-6(8-12-15-16-13-8)10-9-11-7-4-2-3-5-17(7)14-9/h2-6H,1H3,(H,10,14)(H,12,13,15,16). The number of H-pyrrole nitrogens is 1. The lowest BCUT2D eigenvalue weighted by atomic mass is 10.3. The zero-order chi connectivity index (χ0) is 11.7. The van der Waals surface area contributed by atoms with Crippen LogP contribution in [0, 0.1) is 0 Å². The first kappa shape index (κ1) is 9.70. The van der Waals surface area contributed by atoms with Crippen LogP contribution in [0.4, 0.5) is 5.95 Å². The number of aromatic amines is 1. The van der Waals surface area contributed by atoms with Crippen LogP contribution in [0.25, 0.3) is 5.65 Å². The second kappa shape index (κ2) is 3.81. The average molecular weight is 230 g/mol. The van der Waals surface area contributed by atoms with Gasteiger partial charge in [0.25, 0.3) is 0 Å². The molecule has 8 heteroatoms. The summed E-state index contributed by atoms with van der Waals surface area (Å²) in [5.41, 5.74) is 0.787. The van der Waals surface area contributed by atoms with Crippen LogP contribution in [0.15, 0.2) is 24.4 Å². The molecule has 1 unspecified atom stereocenters. The molecule has 0 saturated carbocycles. The van der Waals surface area contributed by atoms with Gasteiger partial charge in [0, 0.05) is 6.20 Å². The quantitative estimate of drug-likeness (QED) is 0.676. The second-order valence-electron chi connectivity index (χ2n) is 3.57. The predicted octanol–water partition coefficient (Wildman–Crippen LogP) is 0.415. The summed E-state index contributed by atoms with van der Waals surface area (Å²) in [5.74, 6) is 1.11. The van der Waals surface area contributed by atoms with Crippen molar-refractivity contribution < 1.29 is 0 Å². The number of tetrazole rings is 1. The molecule has 0 aliphatic rings. The van der Waals surface area contributed by atoms with E-state index in [1.807, 2.05) is 31.3 Å². The van der Waals surface area contributed by atoms with Crippen molar-refractivity contribution >= 4 is 11.6 Å². The Kier molecular flexibility index (Phi) is 2.18. The van der Waals surface area contributed by atoms with Crippen molar-refractivity contribution in [2.75, 3.05) is 5.32 Å². The van der Waals surface area contributed by atoms with Crippen molar-refractivity contribution in [2.24, 2.45) is 0 Å². The Labute approximate surface area is 96.1 Å². The van der Waals surface area contributed by atoms with Crippen LogP contribution >= 0.6 is 0 Å². The summed E-state index contributed by atoms with van der Waals surface area (Å²) in [5, 5.41) is 21.1. The molecule has 0 spiro atoms. The number of pyridine rings is 1. The highest BCUT2D eigenvalue weighted by molar-refractivity contribution is 5.43. The molecule has 0 aliphatic heterocycles. The number of hydrogen-bond donors (Lipinski definition) is 2.